The number of hydrogen-bond donors (Lipinski definition) is 0. The summed E-state index contributed by atoms with van der Waals surface area (Å²) < 4.78 is 6.60. The maximum absolute atomic E-state index is 11.3. The molecule has 0 N–H and O–H groups in total. The lowest BCUT2D eigenvalue weighted by atomic mass is 9.94. The Morgan fingerprint density at radius 1 is 1.00 bits per heavy atom. The fourth-order valence-corrected chi connectivity index (χ4v) is 3.88. The molecule has 35 heavy (non-hydrogen) atoms. The average Bonchev–Trinajstić information content (AvgIpc) is 2.90. The number of rotatable bonds is 10. The van der Waals surface area contributed by atoms with E-state index in [-0.39, 0.29) is 5.82 Å². The molecule has 0 radical (unpaired) electrons. The normalized spacial score (nSPS) is 14.3. The lowest BCUT2D eigenvalue weighted by molar-refractivity contribution is -0.433. The number of piperidine rings is 1. The molecule has 0 bridgehead atoms. The summed E-state index contributed by atoms with van der Waals surface area (Å²) in [4.78, 5) is 18.5. The standard InChI is InChI=1S/C25H30N7O3/c1-3-35-26-18-20-4-6-21(7-5-20)34-17-14-19-12-15-32(16-13-19)25-11-9-23(28-30-25)22-8-10-24(29-27-22)31(2)33/h4-11,18-19H,3,12-17H2,1-2H3/q+1/b26-18+. The van der Waals surface area contributed by atoms with Gasteiger partial charge in [-0.1, -0.05) is 10.1 Å². The SMILES string of the molecule is CCO/N=C/c1ccc(OCCC2CCN(c3ccc(-c4ccc([N+](C)=O)nn4)nn3)CC2)cc1. The third kappa shape index (κ3) is 6.78. The van der Waals surface area contributed by atoms with Crippen LogP contribution in [-0.4, -0.2) is 64.7 Å². The summed E-state index contributed by atoms with van der Waals surface area (Å²) in [6.45, 7) is 5.05. The smallest absolute Gasteiger partial charge is 0.387 e. The van der Waals surface area contributed by atoms with Crippen LogP contribution in [0.15, 0.2) is 53.7 Å². The maximum Gasteiger partial charge on any atom is 0.387 e. The first-order valence-electron chi connectivity index (χ1n) is 11.8. The van der Waals surface area contributed by atoms with Gasteiger partial charge in [0.2, 0.25) is 0 Å². The highest BCUT2D eigenvalue weighted by Crippen LogP contribution is 2.25. The molecule has 3 aromatic rings. The lowest BCUT2D eigenvalue weighted by Gasteiger charge is -2.32. The van der Waals surface area contributed by atoms with Crippen LogP contribution >= 0.6 is 0 Å². The van der Waals surface area contributed by atoms with Crippen molar-refractivity contribution in [3.05, 3.63) is 59.0 Å². The van der Waals surface area contributed by atoms with Gasteiger partial charge >= 0.3 is 5.82 Å². The molecular weight excluding hydrogens is 446 g/mol. The first-order chi connectivity index (χ1) is 17.1. The summed E-state index contributed by atoms with van der Waals surface area (Å²) in [7, 11) is 1.38. The number of hydrogen-bond acceptors (Lipinski definition) is 9. The lowest BCUT2D eigenvalue weighted by Crippen LogP contribution is -2.34. The molecule has 0 amide bonds. The molecule has 2 aromatic heterocycles. The largest absolute Gasteiger partial charge is 0.494 e. The van der Waals surface area contributed by atoms with Crippen LogP contribution in [0.3, 0.4) is 0 Å². The summed E-state index contributed by atoms with van der Waals surface area (Å²) in [6, 6.07) is 15.0. The summed E-state index contributed by atoms with van der Waals surface area (Å²) in [6.07, 6.45) is 4.91. The van der Waals surface area contributed by atoms with Gasteiger partial charge in [0.1, 0.15) is 30.8 Å². The topological polar surface area (TPSA) is 106 Å². The Morgan fingerprint density at radius 3 is 2.31 bits per heavy atom. The predicted octanol–water partition coefficient (Wildman–Crippen LogP) is 4.03. The van der Waals surface area contributed by atoms with Crippen molar-refractivity contribution in [3.8, 4) is 17.1 Å². The van der Waals surface area contributed by atoms with Crippen LogP contribution in [-0.2, 0) is 4.84 Å². The van der Waals surface area contributed by atoms with Crippen molar-refractivity contribution in [2.75, 3.05) is 38.3 Å². The Hall–Kier alpha value is -3.95. The van der Waals surface area contributed by atoms with E-state index in [9.17, 15) is 4.91 Å². The summed E-state index contributed by atoms with van der Waals surface area (Å²) >= 11 is 0. The van der Waals surface area contributed by atoms with Gasteiger partial charge < -0.3 is 14.5 Å². The second-order valence-corrected chi connectivity index (χ2v) is 8.34. The second kappa shape index (κ2) is 12.0. The van der Waals surface area contributed by atoms with E-state index < -0.39 is 0 Å². The molecule has 0 atom stereocenters. The first kappa shape index (κ1) is 24.2. The van der Waals surface area contributed by atoms with Crippen LogP contribution in [0.25, 0.3) is 11.4 Å². The van der Waals surface area contributed by atoms with E-state index in [1.165, 1.54) is 7.05 Å². The van der Waals surface area contributed by atoms with Gasteiger partial charge in [-0.2, -0.15) is 0 Å². The number of nitrogens with zero attached hydrogens (tertiary/aromatic N) is 7. The quantitative estimate of drug-likeness (QED) is 0.245. The number of nitroso groups, excluding NO2 is 1. The highest BCUT2D eigenvalue weighted by molar-refractivity contribution is 5.79. The first-order valence-corrected chi connectivity index (χ1v) is 11.8. The molecule has 4 rings (SSSR count). The molecule has 1 aliphatic rings. The Kier molecular flexibility index (Phi) is 8.26. The fraction of sp³-hybridized carbons (Fsp3) is 0.400. The number of ether oxygens (including phenoxy) is 1. The zero-order chi connectivity index (χ0) is 24.5. The van der Waals surface area contributed by atoms with Gasteiger partial charge in [-0.15, -0.1) is 10.2 Å². The van der Waals surface area contributed by atoms with E-state index in [0.29, 0.717) is 35.3 Å². The summed E-state index contributed by atoms with van der Waals surface area (Å²) in [5.41, 5.74) is 2.19. The minimum absolute atomic E-state index is 0.257. The van der Waals surface area contributed by atoms with Gasteiger partial charge in [-0.3, -0.25) is 0 Å². The van der Waals surface area contributed by atoms with Crippen molar-refractivity contribution in [1.29, 1.82) is 0 Å². The van der Waals surface area contributed by atoms with Crippen molar-refractivity contribution in [2.45, 2.75) is 26.2 Å². The maximum atomic E-state index is 11.3. The Balaban J connectivity index is 1.20. The van der Waals surface area contributed by atoms with E-state index in [2.05, 4.69) is 30.5 Å². The molecule has 0 spiro atoms. The molecular formula is C25H30N7O3+. The Bertz CT molecular complexity index is 1110. The molecule has 1 fully saturated rings. The summed E-state index contributed by atoms with van der Waals surface area (Å²) in [5, 5.41) is 20.5. The molecule has 1 saturated heterocycles. The molecule has 10 heteroatoms. The Morgan fingerprint density at radius 2 is 1.71 bits per heavy atom. The van der Waals surface area contributed by atoms with Crippen molar-refractivity contribution in [2.24, 2.45) is 11.1 Å². The van der Waals surface area contributed by atoms with E-state index in [4.69, 9.17) is 9.57 Å². The molecule has 0 saturated carbocycles. The van der Waals surface area contributed by atoms with Crippen LogP contribution in [0.1, 0.15) is 31.7 Å². The van der Waals surface area contributed by atoms with Crippen molar-refractivity contribution in [1.82, 2.24) is 20.4 Å². The second-order valence-electron chi connectivity index (χ2n) is 8.34. The predicted molar refractivity (Wildman–Crippen MR) is 133 cm³/mol. The van der Waals surface area contributed by atoms with Crippen molar-refractivity contribution < 1.29 is 14.3 Å². The molecule has 10 nitrogen and oxygen atoms in total. The van der Waals surface area contributed by atoms with Gasteiger partial charge in [0.15, 0.2) is 5.82 Å². The van der Waals surface area contributed by atoms with Gasteiger partial charge in [-0.25, -0.2) is 0 Å². The number of aromatic nitrogens is 4. The molecule has 3 heterocycles. The zero-order valence-corrected chi connectivity index (χ0v) is 20.1. The van der Waals surface area contributed by atoms with Gasteiger partial charge in [0.05, 0.1) is 17.9 Å². The van der Waals surface area contributed by atoms with E-state index in [0.717, 1.165) is 49.5 Å². The minimum atomic E-state index is 0.257. The van der Waals surface area contributed by atoms with Gasteiger partial charge in [-0.05, 0) is 90.0 Å². The van der Waals surface area contributed by atoms with Crippen LogP contribution in [0, 0.1) is 10.8 Å². The van der Waals surface area contributed by atoms with Crippen LogP contribution in [0.4, 0.5) is 11.6 Å². The average molecular weight is 477 g/mol. The van der Waals surface area contributed by atoms with Crippen LogP contribution in [0.5, 0.6) is 5.75 Å². The van der Waals surface area contributed by atoms with E-state index in [1.807, 2.05) is 43.3 Å². The van der Waals surface area contributed by atoms with Crippen LogP contribution in [0.2, 0.25) is 0 Å². The summed E-state index contributed by atoms with van der Waals surface area (Å²) in [5.74, 6) is 2.61. The van der Waals surface area contributed by atoms with E-state index >= 15 is 0 Å². The monoisotopic (exact) mass is 476 g/mol. The zero-order valence-electron chi connectivity index (χ0n) is 20.1. The van der Waals surface area contributed by atoms with Crippen molar-refractivity contribution >= 4 is 17.9 Å². The Labute approximate surface area is 204 Å². The third-order valence-corrected chi connectivity index (χ3v) is 5.90. The number of oxime groups is 1. The van der Waals surface area contributed by atoms with Gasteiger partial charge in [0, 0.05) is 19.2 Å². The molecule has 1 aliphatic heterocycles. The molecule has 182 valence electrons. The number of anilines is 1. The van der Waals surface area contributed by atoms with E-state index in [1.54, 1.807) is 18.3 Å². The molecule has 1 aromatic carbocycles. The highest BCUT2D eigenvalue weighted by Gasteiger charge is 2.21. The number of benzene rings is 1. The fourth-order valence-electron chi connectivity index (χ4n) is 3.88. The minimum Gasteiger partial charge on any atom is -0.494 e. The van der Waals surface area contributed by atoms with Crippen LogP contribution < -0.4 is 9.64 Å². The molecule has 0 aliphatic carbocycles. The highest BCUT2D eigenvalue weighted by atomic mass is 16.6. The van der Waals surface area contributed by atoms with Crippen molar-refractivity contribution in [3.63, 3.8) is 0 Å². The molecule has 0 unspecified atom stereocenters. The third-order valence-electron chi connectivity index (χ3n) is 5.90. The van der Waals surface area contributed by atoms with Gasteiger partial charge in [0.25, 0.3) is 0 Å².